The van der Waals surface area contributed by atoms with Crippen molar-refractivity contribution in [3.63, 3.8) is 0 Å². The van der Waals surface area contributed by atoms with Gasteiger partial charge in [-0.05, 0) is 37.8 Å². The summed E-state index contributed by atoms with van der Waals surface area (Å²) in [6, 6.07) is 7.12. The normalized spacial score (nSPS) is 16.4. The Bertz CT molecular complexity index is 538. The first-order chi connectivity index (χ1) is 11.2. The predicted octanol–water partition coefficient (Wildman–Crippen LogP) is 3.39. The molecule has 0 spiro atoms. The second-order valence-electron chi connectivity index (χ2n) is 5.85. The lowest BCUT2D eigenvalue weighted by atomic mass is 9.79. The quantitative estimate of drug-likeness (QED) is 0.645. The molecule has 1 aromatic rings. The van der Waals surface area contributed by atoms with Crippen LogP contribution in [0.1, 0.15) is 39.0 Å². The Morgan fingerprint density at radius 2 is 2.00 bits per heavy atom. The van der Waals surface area contributed by atoms with Gasteiger partial charge in [-0.2, -0.15) is 0 Å². The van der Waals surface area contributed by atoms with E-state index in [1.807, 2.05) is 0 Å². The number of esters is 1. The summed E-state index contributed by atoms with van der Waals surface area (Å²) in [5, 5.41) is 2.83. The smallest absolute Gasteiger partial charge is 0.318 e. The molecule has 0 radical (unpaired) electrons. The number of anilines is 1. The van der Waals surface area contributed by atoms with Gasteiger partial charge in [-0.1, -0.05) is 25.3 Å². The molecule has 0 heterocycles. The van der Waals surface area contributed by atoms with Gasteiger partial charge < -0.3 is 14.8 Å². The van der Waals surface area contributed by atoms with E-state index in [2.05, 4.69) is 5.32 Å². The fraction of sp³-hybridized carbons (Fsp3) is 0.556. The van der Waals surface area contributed by atoms with E-state index in [0.717, 1.165) is 25.7 Å². The van der Waals surface area contributed by atoms with Crippen molar-refractivity contribution >= 4 is 17.6 Å². The molecule has 1 aromatic carbocycles. The third kappa shape index (κ3) is 4.71. The van der Waals surface area contributed by atoms with E-state index in [-0.39, 0.29) is 18.4 Å². The SMILES string of the molecule is CCOC(=O)[C@@H](C(=O)Nc1cccc(OC)c1)C1CCCCC1. The molecular weight excluding hydrogens is 294 g/mol. The Labute approximate surface area is 137 Å². The highest BCUT2D eigenvalue weighted by Gasteiger charge is 2.36. The minimum atomic E-state index is -0.735. The van der Waals surface area contributed by atoms with Crippen molar-refractivity contribution in [3.05, 3.63) is 24.3 Å². The number of nitrogens with one attached hydrogen (secondary N) is 1. The molecule has 1 fully saturated rings. The third-order valence-electron chi connectivity index (χ3n) is 4.28. The largest absolute Gasteiger partial charge is 0.497 e. The second-order valence-corrected chi connectivity index (χ2v) is 5.85. The van der Waals surface area contributed by atoms with Crippen LogP contribution in [0.25, 0.3) is 0 Å². The van der Waals surface area contributed by atoms with Crippen molar-refractivity contribution in [1.82, 2.24) is 0 Å². The van der Waals surface area contributed by atoms with Crippen molar-refractivity contribution < 1.29 is 19.1 Å². The summed E-state index contributed by atoms with van der Waals surface area (Å²) < 4.78 is 10.3. The zero-order chi connectivity index (χ0) is 16.7. The van der Waals surface area contributed by atoms with Crippen molar-refractivity contribution in [1.29, 1.82) is 0 Å². The number of rotatable bonds is 6. The highest BCUT2D eigenvalue weighted by molar-refractivity contribution is 6.05. The van der Waals surface area contributed by atoms with Crippen LogP contribution in [0.2, 0.25) is 0 Å². The first-order valence-electron chi connectivity index (χ1n) is 8.27. The zero-order valence-corrected chi connectivity index (χ0v) is 13.8. The summed E-state index contributed by atoms with van der Waals surface area (Å²) in [5.74, 6) is -0.716. The Hall–Kier alpha value is -2.04. The molecule has 5 nitrogen and oxygen atoms in total. The number of amides is 1. The summed E-state index contributed by atoms with van der Waals surface area (Å²) in [6.45, 7) is 2.05. The lowest BCUT2D eigenvalue weighted by Gasteiger charge is -2.27. The molecule has 0 unspecified atom stereocenters. The number of methoxy groups -OCH3 is 1. The Kier molecular flexibility index (Phi) is 6.44. The van der Waals surface area contributed by atoms with E-state index in [1.165, 1.54) is 6.42 Å². The van der Waals surface area contributed by atoms with Crippen LogP contribution in [0.4, 0.5) is 5.69 Å². The number of hydrogen-bond donors (Lipinski definition) is 1. The van der Waals surface area contributed by atoms with Crippen LogP contribution < -0.4 is 10.1 Å². The molecule has 5 heteroatoms. The molecule has 1 aliphatic rings. The summed E-state index contributed by atoms with van der Waals surface area (Å²) in [6.07, 6.45) is 5.09. The van der Waals surface area contributed by atoms with Gasteiger partial charge in [0.05, 0.1) is 13.7 Å². The Morgan fingerprint density at radius 3 is 2.65 bits per heavy atom. The van der Waals surface area contributed by atoms with Gasteiger partial charge in [-0.15, -0.1) is 0 Å². The van der Waals surface area contributed by atoms with Crippen LogP contribution in [-0.4, -0.2) is 25.6 Å². The molecule has 0 aromatic heterocycles. The minimum absolute atomic E-state index is 0.0633. The van der Waals surface area contributed by atoms with Gasteiger partial charge in [0.1, 0.15) is 11.7 Å². The maximum Gasteiger partial charge on any atom is 0.318 e. The average Bonchev–Trinajstić information content (AvgIpc) is 2.56. The van der Waals surface area contributed by atoms with Crippen molar-refractivity contribution in [2.75, 3.05) is 19.0 Å². The van der Waals surface area contributed by atoms with Gasteiger partial charge in [0.25, 0.3) is 0 Å². The molecule has 0 saturated heterocycles. The summed E-state index contributed by atoms with van der Waals surface area (Å²) in [5.41, 5.74) is 0.624. The molecule has 2 rings (SSSR count). The number of ether oxygens (including phenoxy) is 2. The summed E-state index contributed by atoms with van der Waals surface area (Å²) >= 11 is 0. The fourth-order valence-corrected chi connectivity index (χ4v) is 3.13. The number of carbonyl (C=O) groups excluding carboxylic acids is 2. The monoisotopic (exact) mass is 319 g/mol. The summed E-state index contributed by atoms with van der Waals surface area (Å²) in [7, 11) is 1.57. The summed E-state index contributed by atoms with van der Waals surface area (Å²) in [4.78, 5) is 25.0. The van der Waals surface area contributed by atoms with Crippen molar-refractivity contribution in [2.24, 2.45) is 11.8 Å². The van der Waals surface area contributed by atoms with E-state index in [0.29, 0.717) is 11.4 Å². The Morgan fingerprint density at radius 1 is 1.26 bits per heavy atom. The molecule has 0 aliphatic heterocycles. The molecule has 0 bridgehead atoms. The number of hydrogen-bond acceptors (Lipinski definition) is 4. The molecule has 1 amide bonds. The van der Waals surface area contributed by atoms with E-state index in [1.54, 1.807) is 38.3 Å². The first kappa shape index (κ1) is 17.3. The highest BCUT2D eigenvalue weighted by atomic mass is 16.5. The van der Waals surface area contributed by atoms with Gasteiger partial charge in [-0.3, -0.25) is 9.59 Å². The maximum absolute atomic E-state index is 12.7. The number of carbonyl (C=O) groups is 2. The Balaban J connectivity index is 2.12. The lowest BCUT2D eigenvalue weighted by molar-refractivity contribution is -0.153. The van der Waals surface area contributed by atoms with Gasteiger partial charge in [0.15, 0.2) is 0 Å². The van der Waals surface area contributed by atoms with Crippen LogP contribution in [0, 0.1) is 11.8 Å². The van der Waals surface area contributed by atoms with E-state index < -0.39 is 11.9 Å². The average molecular weight is 319 g/mol. The molecule has 23 heavy (non-hydrogen) atoms. The predicted molar refractivity (Wildman–Crippen MR) is 88.3 cm³/mol. The molecule has 1 saturated carbocycles. The van der Waals surface area contributed by atoms with Crippen molar-refractivity contribution in [2.45, 2.75) is 39.0 Å². The molecule has 1 aliphatic carbocycles. The van der Waals surface area contributed by atoms with Gasteiger partial charge >= 0.3 is 5.97 Å². The lowest BCUT2D eigenvalue weighted by Crippen LogP contribution is -2.37. The third-order valence-corrected chi connectivity index (χ3v) is 4.28. The van der Waals surface area contributed by atoms with Gasteiger partial charge in [0.2, 0.25) is 5.91 Å². The van der Waals surface area contributed by atoms with Crippen LogP contribution in [0.15, 0.2) is 24.3 Å². The van der Waals surface area contributed by atoms with Crippen LogP contribution in [0.3, 0.4) is 0 Å². The molecule has 1 atom stereocenters. The van der Waals surface area contributed by atoms with Crippen LogP contribution in [-0.2, 0) is 14.3 Å². The van der Waals surface area contributed by atoms with Crippen LogP contribution in [0.5, 0.6) is 5.75 Å². The fourth-order valence-electron chi connectivity index (χ4n) is 3.13. The number of benzene rings is 1. The van der Waals surface area contributed by atoms with E-state index in [4.69, 9.17) is 9.47 Å². The van der Waals surface area contributed by atoms with E-state index in [9.17, 15) is 9.59 Å². The molecular formula is C18H25NO4. The second kappa shape index (κ2) is 8.56. The van der Waals surface area contributed by atoms with Crippen molar-refractivity contribution in [3.8, 4) is 5.75 Å². The standard InChI is InChI=1S/C18H25NO4/c1-3-23-18(21)16(13-8-5-4-6-9-13)17(20)19-14-10-7-11-15(12-14)22-2/h7,10-13,16H,3-6,8-9H2,1-2H3,(H,19,20)/t16-/m1/s1. The zero-order valence-electron chi connectivity index (χ0n) is 13.8. The topological polar surface area (TPSA) is 64.6 Å². The molecule has 1 N–H and O–H groups in total. The maximum atomic E-state index is 12.7. The van der Waals surface area contributed by atoms with E-state index >= 15 is 0 Å². The molecule has 126 valence electrons. The van der Waals surface area contributed by atoms with Crippen LogP contribution >= 0.6 is 0 Å². The van der Waals surface area contributed by atoms with Gasteiger partial charge in [-0.25, -0.2) is 0 Å². The first-order valence-corrected chi connectivity index (χ1v) is 8.27. The minimum Gasteiger partial charge on any atom is -0.497 e. The highest BCUT2D eigenvalue weighted by Crippen LogP contribution is 2.32. The van der Waals surface area contributed by atoms with Gasteiger partial charge in [0, 0.05) is 11.8 Å².